The lowest BCUT2D eigenvalue weighted by Crippen LogP contribution is -2.11. The highest BCUT2D eigenvalue weighted by molar-refractivity contribution is 7.19. The van der Waals surface area contributed by atoms with Crippen LogP contribution < -0.4 is 11.1 Å². The highest BCUT2D eigenvalue weighted by Crippen LogP contribution is 2.17. The van der Waals surface area contributed by atoms with E-state index in [1.807, 2.05) is 0 Å². The molecular weight excluding hydrogens is 222 g/mol. The van der Waals surface area contributed by atoms with Gasteiger partial charge in [0.25, 0.3) is 5.91 Å². The average Bonchev–Trinajstić information content (AvgIpc) is 2.75. The Kier molecular flexibility index (Phi) is 2.37. The molecule has 2 aromatic rings. The van der Waals surface area contributed by atoms with Gasteiger partial charge in [-0.2, -0.15) is 0 Å². The first kappa shape index (κ1) is 9.03. The molecule has 3 N–H and O–H groups in total. The molecule has 0 saturated heterocycles. The molecule has 2 heterocycles. The molecule has 0 unspecified atom stereocenters. The zero-order valence-corrected chi connectivity index (χ0v) is 8.43. The molecule has 0 aliphatic heterocycles. The Hall–Kier alpha value is -1.54. The standard InChI is InChI=1S/C6H5N5OS2/c7-5-10-11-6(14-5)9-4(12)3-1-13-2-8-3/h1-2H,(H2,7,10)(H,9,11,12). The Bertz CT molecular complexity index is 437. The van der Waals surface area contributed by atoms with Crippen molar-refractivity contribution in [2.24, 2.45) is 0 Å². The fourth-order valence-corrected chi connectivity index (χ4v) is 1.81. The molecule has 2 aromatic heterocycles. The maximum Gasteiger partial charge on any atom is 0.276 e. The predicted molar refractivity (Wildman–Crippen MR) is 54.4 cm³/mol. The lowest BCUT2D eigenvalue weighted by Gasteiger charge is -1.94. The van der Waals surface area contributed by atoms with Crippen LogP contribution >= 0.6 is 22.7 Å². The fraction of sp³-hybridized carbons (Fsp3) is 0. The van der Waals surface area contributed by atoms with Gasteiger partial charge >= 0.3 is 0 Å². The van der Waals surface area contributed by atoms with Gasteiger partial charge in [0.15, 0.2) is 0 Å². The number of rotatable bonds is 2. The van der Waals surface area contributed by atoms with E-state index in [9.17, 15) is 4.79 Å². The van der Waals surface area contributed by atoms with Crippen LogP contribution in [0.15, 0.2) is 10.9 Å². The normalized spacial score (nSPS) is 10.0. The number of carbonyl (C=O) groups is 1. The zero-order chi connectivity index (χ0) is 9.97. The molecule has 72 valence electrons. The van der Waals surface area contributed by atoms with E-state index in [0.29, 0.717) is 16.0 Å². The molecular formula is C6H5N5OS2. The number of amides is 1. The summed E-state index contributed by atoms with van der Waals surface area (Å²) in [6, 6.07) is 0. The van der Waals surface area contributed by atoms with Crippen molar-refractivity contribution >= 4 is 38.8 Å². The van der Waals surface area contributed by atoms with Gasteiger partial charge in [-0.15, -0.1) is 21.5 Å². The smallest absolute Gasteiger partial charge is 0.276 e. The number of thiazole rings is 1. The van der Waals surface area contributed by atoms with Crippen molar-refractivity contribution in [2.45, 2.75) is 0 Å². The summed E-state index contributed by atoms with van der Waals surface area (Å²) in [5.74, 6) is -0.303. The SMILES string of the molecule is Nc1nnc(NC(=O)c2cscn2)s1. The van der Waals surface area contributed by atoms with Crippen molar-refractivity contribution in [1.29, 1.82) is 0 Å². The molecule has 0 aliphatic carbocycles. The summed E-state index contributed by atoms with van der Waals surface area (Å²) in [6.45, 7) is 0. The van der Waals surface area contributed by atoms with Crippen LogP contribution in [0.2, 0.25) is 0 Å². The second-order valence-electron chi connectivity index (χ2n) is 2.27. The van der Waals surface area contributed by atoms with Crippen LogP contribution in [0.1, 0.15) is 10.5 Å². The number of hydrogen-bond donors (Lipinski definition) is 2. The molecule has 6 nitrogen and oxygen atoms in total. The van der Waals surface area contributed by atoms with Crippen LogP contribution in [0.4, 0.5) is 10.3 Å². The largest absolute Gasteiger partial charge is 0.374 e. The molecule has 0 saturated carbocycles. The van der Waals surface area contributed by atoms with Gasteiger partial charge in [-0.3, -0.25) is 10.1 Å². The van der Waals surface area contributed by atoms with Crippen molar-refractivity contribution in [3.05, 3.63) is 16.6 Å². The third-order valence-corrected chi connectivity index (χ3v) is 2.58. The van der Waals surface area contributed by atoms with E-state index in [2.05, 4.69) is 20.5 Å². The average molecular weight is 227 g/mol. The predicted octanol–water partition coefficient (Wildman–Crippen LogP) is 0.829. The zero-order valence-electron chi connectivity index (χ0n) is 6.80. The third-order valence-electron chi connectivity index (χ3n) is 1.33. The first-order valence-corrected chi connectivity index (χ1v) is 5.30. The van der Waals surface area contributed by atoms with E-state index in [0.717, 1.165) is 11.3 Å². The van der Waals surface area contributed by atoms with Crippen molar-refractivity contribution < 1.29 is 4.79 Å². The summed E-state index contributed by atoms with van der Waals surface area (Å²) in [6.07, 6.45) is 0. The second kappa shape index (κ2) is 3.68. The van der Waals surface area contributed by atoms with E-state index in [4.69, 9.17) is 5.73 Å². The summed E-state index contributed by atoms with van der Waals surface area (Å²) in [5.41, 5.74) is 7.30. The molecule has 1 amide bonds. The van der Waals surface area contributed by atoms with E-state index >= 15 is 0 Å². The maximum absolute atomic E-state index is 11.4. The molecule has 0 fully saturated rings. The minimum atomic E-state index is -0.303. The van der Waals surface area contributed by atoms with Gasteiger partial charge in [-0.05, 0) is 0 Å². The van der Waals surface area contributed by atoms with Crippen LogP contribution in [-0.4, -0.2) is 21.1 Å². The van der Waals surface area contributed by atoms with Crippen LogP contribution in [0.5, 0.6) is 0 Å². The van der Waals surface area contributed by atoms with E-state index < -0.39 is 0 Å². The number of hydrogen-bond acceptors (Lipinski definition) is 7. The summed E-state index contributed by atoms with van der Waals surface area (Å²) in [4.78, 5) is 15.3. The van der Waals surface area contributed by atoms with Gasteiger partial charge < -0.3 is 5.73 Å². The highest BCUT2D eigenvalue weighted by Gasteiger charge is 2.10. The number of nitrogen functional groups attached to an aromatic ring is 1. The van der Waals surface area contributed by atoms with Crippen molar-refractivity contribution in [3.8, 4) is 0 Å². The first-order valence-electron chi connectivity index (χ1n) is 3.54. The van der Waals surface area contributed by atoms with E-state index in [1.165, 1.54) is 11.3 Å². The van der Waals surface area contributed by atoms with Gasteiger partial charge in [-0.1, -0.05) is 11.3 Å². The van der Waals surface area contributed by atoms with Crippen LogP contribution in [0, 0.1) is 0 Å². The fourth-order valence-electron chi connectivity index (χ4n) is 0.771. The molecule has 0 atom stereocenters. The van der Waals surface area contributed by atoms with Gasteiger partial charge in [0.05, 0.1) is 5.51 Å². The van der Waals surface area contributed by atoms with Gasteiger partial charge in [0, 0.05) is 5.38 Å². The summed E-state index contributed by atoms with van der Waals surface area (Å²) in [5, 5.41) is 12.1. The number of nitrogens with zero attached hydrogens (tertiary/aromatic N) is 3. The lowest BCUT2D eigenvalue weighted by molar-refractivity contribution is 0.102. The Balaban J connectivity index is 2.09. The topological polar surface area (TPSA) is 93.8 Å². The molecule has 0 aromatic carbocycles. The van der Waals surface area contributed by atoms with Crippen LogP contribution in [0.3, 0.4) is 0 Å². The van der Waals surface area contributed by atoms with Gasteiger partial charge in [0.1, 0.15) is 5.69 Å². The van der Waals surface area contributed by atoms with Crippen LogP contribution in [-0.2, 0) is 0 Å². The number of aromatic nitrogens is 3. The number of nitrogens with one attached hydrogen (secondary N) is 1. The monoisotopic (exact) mass is 227 g/mol. The Morgan fingerprint density at radius 1 is 1.50 bits per heavy atom. The number of anilines is 2. The summed E-state index contributed by atoms with van der Waals surface area (Å²) in [7, 11) is 0. The minimum absolute atomic E-state index is 0.303. The molecule has 0 radical (unpaired) electrons. The Labute approximate surface area is 86.8 Å². The van der Waals surface area contributed by atoms with Crippen LogP contribution in [0.25, 0.3) is 0 Å². The highest BCUT2D eigenvalue weighted by atomic mass is 32.1. The molecule has 2 rings (SSSR count). The molecule has 8 heteroatoms. The van der Waals surface area contributed by atoms with E-state index in [1.54, 1.807) is 10.9 Å². The Morgan fingerprint density at radius 3 is 2.93 bits per heavy atom. The van der Waals surface area contributed by atoms with Gasteiger partial charge in [-0.25, -0.2) is 4.98 Å². The summed E-state index contributed by atoms with van der Waals surface area (Å²) < 4.78 is 0. The van der Waals surface area contributed by atoms with E-state index in [-0.39, 0.29) is 5.91 Å². The minimum Gasteiger partial charge on any atom is -0.374 e. The molecule has 0 bridgehead atoms. The molecule has 0 spiro atoms. The summed E-state index contributed by atoms with van der Waals surface area (Å²) >= 11 is 2.47. The molecule has 0 aliphatic rings. The Morgan fingerprint density at radius 2 is 2.36 bits per heavy atom. The first-order chi connectivity index (χ1) is 6.75. The quantitative estimate of drug-likeness (QED) is 0.792. The number of nitrogens with two attached hydrogens (primary N) is 1. The molecule has 14 heavy (non-hydrogen) atoms. The van der Waals surface area contributed by atoms with Crippen molar-refractivity contribution in [1.82, 2.24) is 15.2 Å². The van der Waals surface area contributed by atoms with Gasteiger partial charge in [0.2, 0.25) is 10.3 Å². The lowest BCUT2D eigenvalue weighted by atomic mass is 10.5. The van der Waals surface area contributed by atoms with Crippen molar-refractivity contribution in [2.75, 3.05) is 11.1 Å². The second-order valence-corrected chi connectivity index (χ2v) is 4.00. The van der Waals surface area contributed by atoms with Crippen molar-refractivity contribution in [3.63, 3.8) is 0 Å². The maximum atomic E-state index is 11.4. The number of carbonyl (C=O) groups excluding carboxylic acids is 1. The third kappa shape index (κ3) is 1.86.